The van der Waals surface area contributed by atoms with Gasteiger partial charge in [-0.15, -0.1) is 0 Å². The molecule has 7 heteroatoms. The van der Waals surface area contributed by atoms with Crippen LogP contribution in [0.2, 0.25) is 10.0 Å². The number of halogens is 2. The van der Waals surface area contributed by atoms with Crippen LogP contribution in [0.3, 0.4) is 0 Å². The normalized spacial score (nSPS) is 24.0. The molecule has 4 rings (SSSR count). The van der Waals surface area contributed by atoms with Gasteiger partial charge in [0.2, 0.25) is 0 Å². The van der Waals surface area contributed by atoms with Gasteiger partial charge in [0.05, 0.1) is 10.6 Å². The monoisotopic (exact) mass is 450 g/mol. The summed E-state index contributed by atoms with van der Waals surface area (Å²) in [7, 11) is 0. The Balaban J connectivity index is 1.77. The summed E-state index contributed by atoms with van der Waals surface area (Å²) in [6.45, 7) is 1.34. The van der Waals surface area contributed by atoms with E-state index in [-0.39, 0.29) is 30.4 Å². The lowest BCUT2D eigenvalue weighted by molar-refractivity contribution is -0.140. The minimum Gasteiger partial charge on any atom is -0.396 e. The number of aliphatic hydroxyl groups is 1. The number of aliphatic hydroxyl groups excluding tert-OH is 1. The van der Waals surface area contributed by atoms with Crippen LogP contribution in [-0.4, -0.2) is 52.5 Å². The van der Waals surface area contributed by atoms with Crippen LogP contribution < -0.4 is 0 Å². The molecule has 2 aliphatic heterocycles. The van der Waals surface area contributed by atoms with Gasteiger partial charge in [-0.3, -0.25) is 14.5 Å². The third-order valence-corrected chi connectivity index (χ3v) is 7.12. The van der Waals surface area contributed by atoms with Crippen LogP contribution in [0, 0.1) is 5.92 Å². The molecule has 1 unspecified atom stereocenters. The van der Waals surface area contributed by atoms with Crippen LogP contribution in [0.5, 0.6) is 0 Å². The lowest BCUT2D eigenvalue weighted by Gasteiger charge is -2.34. The minimum atomic E-state index is -0.253. The standard InChI is InChI=1S/C23H28Cl2N2O3/c24-16-9-10-18(19(25)12-16)20-21(26-11-5-6-15(13-26)14-28)23(30)27(22(20)29)17-7-3-1-2-4-8-17/h9-10,12,15,17,28H,1-8,11,13-14H2. The number of benzene rings is 1. The molecule has 0 radical (unpaired) electrons. The lowest BCUT2D eigenvalue weighted by atomic mass is 9.97. The van der Waals surface area contributed by atoms with Crippen LogP contribution >= 0.6 is 23.2 Å². The number of nitrogens with zero attached hydrogens (tertiary/aromatic N) is 2. The number of carbonyl (C=O) groups is 2. The highest BCUT2D eigenvalue weighted by atomic mass is 35.5. The second-order valence-electron chi connectivity index (χ2n) is 8.61. The molecule has 1 N–H and O–H groups in total. The van der Waals surface area contributed by atoms with Gasteiger partial charge >= 0.3 is 0 Å². The maximum Gasteiger partial charge on any atom is 0.278 e. The average molecular weight is 451 g/mol. The molecule has 0 bridgehead atoms. The van der Waals surface area contributed by atoms with Crippen molar-refractivity contribution in [2.45, 2.75) is 57.4 Å². The molecule has 0 spiro atoms. The van der Waals surface area contributed by atoms with Crippen molar-refractivity contribution in [1.29, 1.82) is 0 Å². The molecule has 1 atom stereocenters. The average Bonchev–Trinajstić information content (AvgIpc) is 2.90. The fourth-order valence-electron chi connectivity index (χ4n) is 5.03. The number of imide groups is 1. The zero-order valence-electron chi connectivity index (χ0n) is 17.1. The molecule has 1 aromatic carbocycles. The van der Waals surface area contributed by atoms with E-state index >= 15 is 0 Å². The van der Waals surface area contributed by atoms with Gasteiger partial charge in [0.15, 0.2) is 0 Å². The molecule has 1 aliphatic carbocycles. The first-order valence-corrected chi connectivity index (χ1v) is 11.7. The molecular weight excluding hydrogens is 423 g/mol. The maximum absolute atomic E-state index is 13.7. The molecule has 1 saturated carbocycles. The SMILES string of the molecule is O=C1C(c2ccc(Cl)cc2Cl)=C(N2CCCC(CO)C2)C(=O)N1C1CCCCCC1. The number of hydrogen-bond acceptors (Lipinski definition) is 4. The quantitative estimate of drug-likeness (QED) is 0.541. The summed E-state index contributed by atoms with van der Waals surface area (Å²) in [6, 6.07) is 4.98. The molecule has 2 amide bonds. The van der Waals surface area contributed by atoms with Gasteiger partial charge in [-0.25, -0.2) is 0 Å². The molecule has 2 heterocycles. The highest BCUT2D eigenvalue weighted by Gasteiger charge is 2.45. The van der Waals surface area contributed by atoms with E-state index in [4.69, 9.17) is 23.2 Å². The van der Waals surface area contributed by atoms with E-state index in [9.17, 15) is 14.7 Å². The second kappa shape index (κ2) is 9.29. The maximum atomic E-state index is 13.7. The van der Waals surface area contributed by atoms with Crippen molar-refractivity contribution in [3.63, 3.8) is 0 Å². The van der Waals surface area contributed by atoms with Gasteiger partial charge in [0.1, 0.15) is 5.70 Å². The van der Waals surface area contributed by atoms with Gasteiger partial charge < -0.3 is 10.0 Å². The van der Waals surface area contributed by atoms with Crippen LogP contribution in [0.1, 0.15) is 56.9 Å². The Hall–Kier alpha value is -1.56. The van der Waals surface area contributed by atoms with Crippen molar-refractivity contribution in [2.24, 2.45) is 5.92 Å². The highest BCUT2D eigenvalue weighted by Crippen LogP contribution is 2.39. The number of rotatable bonds is 4. The van der Waals surface area contributed by atoms with Gasteiger partial charge in [-0.1, -0.05) is 55.0 Å². The summed E-state index contributed by atoms with van der Waals surface area (Å²) in [6.07, 6.45) is 7.86. The summed E-state index contributed by atoms with van der Waals surface area (Å²) in [5.74, 6) is -0.369. The predicted octanol–water partition coefficient (Wildman–Crippen LogP) is 4.50. The fourth-order valence-corrected chi connectivity index (χ4v) is 5.53. The van der Waals surface area contributed by atoms with Crippen LogP contribution in [-0.2, 0) is 9.59 Å². The van der Waals surface area contributed by atoms with Crippen molar-refractivity contribution in [2.75, 3.05) is 19.7 Å². The Morgan fingerprint density at radius 3 is 2.37 bits per heavy atom. The first-order valence-electron chi connectivity index (χ1n) is 10.9. The summed E-state index contributed by atoms with van der Waals surface area (Å²) in [5.41, 5.74) is 1.37. The number of carbonyl (C=O) groups excluding carboxylic acids is 2. The number of likely N-dealkylation sites (tertiary alicyclic amines) is 1. The van der Waals surface area contributed by atoms with Gasteiger partial charge in [-0.2, -0.15) is 0 Å². The third-order valence-electron chi connectivity index (χ3n) is 6.57. The zero-order valence-corrected chi connectivity index (χ0v) is 18.6. The Bertz CT molecular complexity index is 862. The van der Waals surface area contributed by atoms with E-state index in [0.717, 1.165) is 51.4 Å². The van der Waals surface area contributed by atoms with E-state index in [0.29, 0.717) is 40.0 Å². The zero-order chi connectivity index (χ0) is 21.3. The molecule has 1 aromatic rings. The number of piperidine rings is 1. The molecule has 1 saturated heterocycles. The molecule has 3 aliphatic rings. The Kier molecular flexibility index (Phi) is 6.71. The first kappa shape index (κ1) is 21.7. The molecule has 30 heavy (non-hydrogen) atoms. The Morgan fingerprint density at radius 2 is 1.70 bits per heavy atom. The smallest absolute Gasteiger partial charge is 0.278 e. The van der Waals surface area contributed by atoms with Gasteiger partial charge in [0.25, 0.3) is 11.8 Å². The van der Waals surface area contributed by atoms with E-state index in [1.54, 1.807) is 18.2 Å². The van der Waals surface area contributed by atoms with Gasteiger partial charge in [0, 0.05) is 36.3 Å². The summed E-state index contributed by atoms with van der Waals surface area (Å²) >= 11 is 12.6. The first-order chi connectivity index (χ1) is 14.5. The molecule has 0 aromatic heterocycles. The van der Waals surface area contributed by atoms with E-state index in [2.05, 4.69) is 0 Å². The predicted molar refractivity (Wildman–Crippen MR) is 118 cm³/mol. The Morgan fingerprint density at radius 1 is 0.967 bits per heavy atom. The van der Waals surface area contributed by atoms with Crippen molar-refractivity contribution in [3.05, 3.63) is 39.5 Å². The lowest BCUT2D eigenvalue weighted by Crippen LogP contribution is -2.44. The third kappa shape index (κ3) is 4.12. The van der Waals surface area contributed by atoms with Crippen LogP contribution in [0.15, 0.2) is 23.9 Å². The topological polar surface area (TPSA) is 60.9 Å². The van der Waals surface area contributed by atoms with Crippen LogP contribution in [0.25, 0.3) is 5.57 Å². The van der Waals surface area contributed by atoms with Crippen molar-refractivity contribution >= 4 is 40.6 Å². The largest absolute Gasteiger partial charge is 0.396 e. The van der Waals surface area contributed by atoms with Crippen LogP contribution in [0.4, 0.5) is 0 Å². The fraction of sp³-hybridized carbons (Fsp3) is 0.565. The summed E-state index contributed by atoms with van der Waals surface area (Å²) in [4.78, 5) is 30.8. The Labute approximate surface area is 187 Å². The van der Waals surface area contributed by atoms with E-state index < -0.39 is 0 Å². The van der Waals surface area contributed by atoms with E-state index in [1.807, 2.05) is 4.90 Å². The summed E-state index contributed by atoms with van der Waals surface area (Å²) < 4.78 is 0. The second-order valence-corrected chi connectivity index (χ2v) is 9.45. The highest BCUT2D eigenvalue weighted by molar-refractivity contribution is 6.41. The summed E-state index contributed by atoms with van der Waals surface area (Å²) in [5, 5.41) is 10.5. The van der Waals surface area contributed by atoms with E-state index in [1.165, 1.54) is 4.90 Å². The van der Waals surface area contributed by atoms with Crippen molar-refractivity contribution < 1.29 is 14.7 Å². The molecule has 162 valence electrons. The molecular formula is C23H28Cl2N2O3. The molecule has 2 fully saturated rings. The van der Waals surface area contributed by atoms with Crippen molar-refractivity contribution in [3.8, 4) is 0 Å². The minimum absolute atomic E-state index is 0.0653. The van der Waals surface area contributed by atoms with Crippen molar-refractivity contribution in [1.82, 2.24) is 9.80 Å². The number of amides is 2. The van der Waals surface area contributed by atoms with Gasteiger partial charge in [-0.05, 0) is 43.7 Å². The number of hydrogen-bond donors (Lipinski definition) is 1. The molecule has 5 nitrogen and oxygen atoms in total.